The first-order valence-electron chi connectivity index (χ1n) is 16.9. The Morgan fingerprint density at radius 3 is 1.71 bits per heavy atom. The van der Waals surface area contributed by atoms with Gasteiger partial charge in [-0.1, -0.05) is 121 Å². The van der Waals surface area contributed by atoms with Gasteiger partial charge in [0.1, 0.15) is 22.3 Å². The lowest BCUT2D eigenvalue weighted by molar-refractivity contribution is 0.668. The van der Waals surface area contributed by atoms with Crippen LogP contribution in [0.1, 0.15) is 0 Å². The molecule has 0 saturated carbocycles. The second-order valence-corrected chi connectivity index (χ2v) is 12.8. The van der Waals surface area contributed by atoms with Gasteiger partial charge in [0.15, 0.2) is 11.6 Å². The number of benzene rings is 7. The molecule has 0 unspecified atom stereocenters. The van der Waals surface area contributed by atoms with Gasteiger partial charge in [0.2, 0.25) is 5.95 Å². The summed E-state index contributed by atoms with van der Waals surface area (Å²) in [6, 6.07) is 53.8. The van der Waals surface area contributed by atoms with Crippen LogP contribution in [0.15, 0.2) is 167 Å². The highest BCUT2D eigenvalue weighted by atomic mass is 16.3. The molecule has 6 heteroatoms. The fourth-order valence-electron chi connectivity index (χ4n) is 7.56. The van der Waals surface area contributed by atoms with Gasteiger partial charge in [-0.2, -0.15) is 9.97 Å². The van der Waals surface area contributed by atoms with Crippen molar-refractivity contribution in [2.24, 2.45) is 0 Å². The van der Waals surface area contributed by atoms with Crippen LogP contribution in [0, 0.1) is 0 Å². The van der Waals surface area contributed by atoms with Gasteiger partial charge < -0.3 is 8.83 Å². The molecule has 0 bridgehead atoms. The minimum absolute atomic E-state index is 0.539. The molecule has 11 aromatic rings. The summed E-state index contributed by atoms with van der Waals surface area (Å²) in [6.07, 6.45) is 0. The lowest BCUT2D eigenvalue weighted by Gasteiger charge is -2.11. The summed E-state index contributed by atoms with van der Waals surface area (Å²) in [5.74, 6) is 1.68. The van der Waals surface area contributed by atoms with Crippen molar-refractivity contribution in [3.8, 4) is 39.9 Å². The van der Waals surface area contributed by atoms with Crippen LogP contribution in [0.25, 0.3) is 106 Å². The van der Waals surface area contributed by atoms with Crippen molar-refractivity contribution in [3.05, 3.63) is 158 Å². The number of para-hydroxylation sites is 5. The fraction of sp³-hybridized carbons (Fsp3) is 0. The number of hydrogen-bond acceptors (Lipinski definition) is 5. The Balaban J connectivity index is 1.13. The first kappa shape index (κ1) is 27.9. The second-order valence-electron chi connectivity index (χ2n) is 12.8. The van der Waals surface area contributed by atoms with Gasteiger partial charge in [-0.15, -0.1) is 0 Å². The Morgan fingerprint density at radius 1 is 0.373 bits per heavy atom. The van der Waals surface area contributed by atoms with E-state index in [0.717, 1.165) is 87.9 Å². The molecule has 11 rings (SSSR count). The Hall–Kier alpha value is -7.05. The Labute approximate surface area is 290 Å². The van der Waals surface area contributed by atoms with Gasteiger partial charge in [0, 0.05) is 43.4 Å². The third-order valence-corrected chi connectivity index (χ3v) is 9.89. The average molecular weight is 655 g/mol. The van der Waals surface area contributed by atoms with Crippen LogP contribution in [-0.4, -0.2) is 19.5 Å². The molecular weight excluding hydrogens is 629 g/mol. The maximum atomic E-state index is 6.75. The highest BCUT2D eigenvalue weighted by Crippen LogP contribution is 2.40. The molecule has 4 aromatic heterocycles. The van der Waals surface area contributed by atoms with Crippen LogP contribution in [0.2, 0.25) is 0 Å². The van der Waals surface area contributed by atoms with Crippen molar-refractivity contribution in [2.75, 3.05) is 0 Å². The molecule has 51 heavy (non-hydrogen) atoms. The standard InChI is InChI=1S/C45H26N4O2/c1-2-12-27(13-3-1)43-46-44(48-45(47-43)49-37-21-7-4-14-30(37)31-15-5-8-22-38(31)49)36-20-11-19-35-33-25-24-28(26-40(33)51-42(35)36)29-17-10-18-34-32-16-6-9-23-39(32)50-41(29)34/h1-26H. The van der Waals surface area contributed by atoms with E-state index in [1.165, 1.54) is 0 Å². The van der Waals surface area contributed by atoms with E-state index >= 15 is 0 Å². The van der Waals surface area contributed by atoms with E-state index in [4.69, 9.17) is 23.8 Å². The Morgan fingerprint density at radius 2 is 0.941 bits per heavy atom. The average Bonchev–Trinajstić information content (AvgIpc) is 3.87. The number of aromatic nitrogens is 4. The number of fused-ring (bicyclic) bond motifs is 9. The molecule has 0 spiro atoms. The molecule has 0 aliphatic rings. The number of hydrogen-bond donors (Lipinski definition) is 0. The van der Waals surface area contributed by atoms with Crippen molar-refractivity contribution >= 4 is 65.7 Å². The van der Waals surface area contributed by atoms with Crippen LogP contribution >= 0.6 is 0 Å². The van der Waals surface area contributed by atoms with Crippen LogP contribution in [0.4, 0.5) is 0 Å². The van der Waals surface area contributed by atoms with Crippen LogP contribution in [-0.2, 0) is 0 Å². The molecule has 0 radical (unpaired) electrons. The zero-order valence-corrected chi connectivity index (χ0v) is 27.1. The van der Waals surface area contributed by atoms with Crippen molar-refractivity contribution in [1.82, 2.24) is 19.5 Å². The van der Waals surface area contributed by atoms with Crippen molar-refractivity contribution in [3.63, 3.8) is 0 Å². The summed E-state index contributed by atoms with van der Waals surface area (Å²) in [5, 5.41) is 6.51. The quantitative estimate of drug-likeness (QED) is 0.189. The maximum Gasteiger partial charge on any atom is 0.238 e. The molecule has 7 aromatic carbocycles. The summed E-state index contributed by atoms with van der Waals surface area (Å²) in [5.41, 5.74) is 9.06. The second kappa shape index (κ2) is 10.7. The van der Waals surface area contributed by atoms with Gasteiger partial charge in [-0.05, 0) is 42.0 Å². The summed E-state index contributed by atoms with van der Waals surface area (Å²) in [4.78, 5) is 15.3. The Bertz CT molecular complexity index is 3100. The summed E-state index contributed by atoms with van der Waals surface area (Å²) in [6.45, 7) is 0. The maximum absolute atomic E-state index is 6.75. The first-order valence-corrected chi connectivity index (χ1v) is 16.9. The lowest BCUT2D eigenvalue weighted by Crippen LogP contribution is -2.06. The molecule has 0 atom stereocenters. The highest BCUT2D eigenvalue weighted by Gasteiger charge is 2.21. The van der Waals surface area contributed by atoms with E-state index in [2.05, 4.69) is 102 Å². The van der Waals surface area contributed by atoms with Crippen LogP contribution in [0.3, 0.4) is 0 Å². The molecule has 0 amide bonds. The minimum atomic E-state index is 0.539. The molecule has 6 nitrogen and oxygen atoms in total. The first-order chi connectivity index (χ1) is 25.3. The third-order valence-electron chi connectivity index (χ3n) is 9.89. The van der Waals surface area contributed by atoms with Gasteiger partial charge in [-0.3, -0.25) is 4.57 Å². The van der Waals surface area contributed by atoms with Gasteiger partial charge in [-0.25, -0.2) is 4.98 Å². The van der Waals surface area contributed by atoms with Gasteiger partial charge >= 0.3 is 0 Å². The number of rotatable bonds is 4. The fourth-order valence-corrected chi connectivity index (χ4v) is 7.56. The van der Waals surface area contributed by atoms with Crippen molar-refractivity contribution < 1.29 is 8.83 Å². The van der Waals surface area contributed by atoms with Gasteiger partial charge in [0.25, 0.3) is 0 Å². The third kappa shape index (κ3) is 4.20. The summed E-state index contributed by atoms with van der Waals surface area (Å²) in [7, 11) is 0. The predicted octanol–water partition coefficient (Wildman–Crippen LogP) is 11.8. The molecule has 0 fully saturated rings. The van der Waals surface area contributed by atoms with E-state index in [9.17, 15) is 0 Å². The monoisotopic (exact) mass is 654 g/mol. The smallest absolute Gasteiger partial charge is 0.238 e. The molecule has 4 heterocycles. The summed E-state index contributed by atoms with van der Waals surface area (Å²) < 4.78 is 15.3. The van der Waals surface area contributed by atoms with E-state index in [-0.39, 0.29) is 0 Å². The highest BCUT2D eigenvalue weighted by molar-refractivity contribution is 6.13. The van der Waals surface area contributed by atoms with Crippen LogP contribution in [0.5, 0.6) is 0 Å². The zero-order chi connectivity index (χ0) is 33.5. The van der Waals surface area contributed by atoms with E-state index in [1.807, 2.05) is 60.7 Å². The molecular formula is C45H26N4O2. The van der Waals surface area contributed by atoms with E-state index < -0.39 is 0 Å². The van der Waals surface area contributed by atoms with Crippen molar-refractivity contribution in [1.29, 1.82) is 0 Å². The normalized spacial score (nSPS) is 11.9. The number of nitrogens with zero attached hydrogens (tertiary/aromatic N) is 4. The number of furan rings is 2. The molecule has 0 aliphatic heterocycles. The molecule has 238 valence electrons. The predicted molar refractivity (Wildman–Crippen MR) is 205 cm³/mol. The van der Waals surface area contributed by atoms with Crippen molar-refractivity contribution in [2.45, 2.75) is 0 Å². The topological polar surface area (TPSA) is 69.9 Å². The summed E-state index contributed by atoms with van der Waals surface area (Å²) >= 11 is 0. The minimum Gasteiger partial charge on any atom is -0.455 e. The zero-order valence-electron chi connectivity index (χ0n) is 27.1. The van der Waals surface area contributed by atoms with E-state index in [1.54, 1.807) is 0 Å². The van der Waals surface area contributed by atoms with E-state index in [0.29, 0.717) is 17.6 Å². The Kier molecular flexibility index (Phi) is 5.86. The molecule has 0 saturated heterocycles. The van der Waals surface area contributed by atoms with Crippen LogP contribution < -0.4 is 0 Å². The molecule has 0 aliphatic carbocycles. The molecule has 0 N–H and O–H groups in total. The lowest BCUT2D eigenvalue weighted by atomic mass is 10.0. The SMILES string of the molecule is c1ccc(-c2nc(-c3cccc4c3oc3cc(-c5cccc6c5oc5ccccc56)ccc34)nc(-n3c4ccccc4c4ccccc43)n2)cc1. The van der Waals surface area contributed by atoms with Gasteiger partial charge in [0.05, 0.1) is 16.6 Å². The largest absolute Gasteiger partial charge is 0.455 e.